The number of hydrogen-bond acceptors (Lipinski definition) is 2. The Labute approximate surface area is 148 Å². The van der Waals surface area contributed by atoms with Crippen LogP contribution in [0.4, 0.5) is 0 Å². The monoisotopic (exact) mass is 333 g/mol. The van der Waals surface area contributed by atoms with Crippen molar-refractivity contribution in [3.8, 4) is 11.1 Å². The highest BCUT2D eigenvalue weighted by Crippen LogP contribution is 2.27. The molecule has 2 aromatic rings. The second kappa shape index (κ2) is 7.24. The van der Waals surface area contributed by atoms with Gasteiger partial charge in [0.15, 0.2) is 0 Å². The second-order valence-corrected chi connectivity index (χ2v) is 6.84. The third-order valence-electron chi connectivity index (χ3n) is 5.13. The summed E-state index contributed by atoms with van der Waals surface area (Å²) in [6.07, 6.45) is 3.53. The van der Waals surface area contributed by atoms with E-state index in [9.17, 15) is 4.79 Å². The molecule has 2 aliphatic rings. The first-order valence-electron chi connectivity index (χ1n) is 9.03. The first kappa shape index (κ1) is 16.1. The van der Waals surface area contributed by atoms with Crippen molar-refractivity contribution < 1.29 is 9.53 Å². The van der Waals surface area contributed by atoms with Crippen LogP contribution in [0.2, 0.25) is 0 Å². The van der Waals surface area contributed by atoms with E-state index in [0.717, 1.165) is 44.5 Å². The minimum atomic E-state index is 0.128. The van der Waals surface area contributed by atoms with Crippen molar-refractivity contribution in [1.82, 2.24) is 5.32 Å². The van der Waals surface area contributed by atoms with Gasteiger partial charge in [0.05, 0.1) is 13.2 Å². The minimum Gasteiger partial charge on any atom is -0.381 e. The molecule has 0 spiro atoms. The Morgan fingerprint density at radius 2 is 1.60 bits per heavy atom. The SMILES string of the molecule is O=C1NC(Cc2ccc(-c3ccccc3)cc2)CC1=C1CCOCC1. The summed E-state index contributed by atoms with van der Waals surface area (Å²) in [4.78, 5) is 12.3. The molecule has 2 aliphatic heterocycles. The van der Waals surface area contributed by atoms with E-state index in [1.807, 2.05) is 6.07 Å². The van der Waals surface area contributed by atoms with Crippen LogP contribution in [0.15, 0.2) is 65.7 Å². The van der Waals surface area contributed by atoms with Crippen LogP contribution in [0.3, 0.4) is 0 Å². The molecule has 0 radical (unpaired) electrons. The molecule has 0 aliphatic carbocycles. The third kappa shape index (κ3) is 3.67. The number of carbonyl (C=O) groups is 1. The number of amides is 1. The Bertz CT molecular complexity index is 769. The highest BCUT2D eigenvalue weighted by atomic mass is 16.5. The number of rotatable bonds is 3. The maximum Gasteiger partial charge on any atom is 0.247 e. The van der Waals surface area contributed by atoms with Crippen molar-refractivity contribution in [1.29, 1.82) is 0 Å². The average Bonchev–Trinajstić information content (AvgIpc) is 3.04. The molecule has 2 fully saturated rings. The van der Waals surface area contributed by atoms with Gasteiger partial charge in [0, 0.05) is 11.6 Å². The van der Waals surface area contributed by atoms with Gasteiger partial charge in [-0.1, -0.05) is 60.2 Å². The largest absolute Gasteiger partial charge is 0.381 e. The predicted molar refractivity (Wildman–Crippen MR) is 99.2 cm³/mol. The summed E-state index contributed by atoms with van der Waals surface area (Å²) in [6.45, 7) is 1.50. The predicted octanol–water partition coefficient (Wildman–Crippen LogP) is 3.89. The Hall–Kier alpha value is -2.39. The first-order valence-corrected chi connectivity index (χ1v) is 9.03. The van der Waals surface area contributed by atoms with Gasteiger partial charge in [-0.05, 0) is 42.4 Å². The lowest BCUT2D eigenvalue weighted by atomic mass is 9.95. The standard InChI is InChI=1S/C22H23NO2/c24-22-21(19-10-12-25-13-11-19)15-20(23-22)14-16-6-8-18(9-7-16)17-4-2-1-3-5-17/h1-9,20H,10-15H2,(H,23,24). The van der Waals surface area contributed by atoms with Crippen LogP contribution in [0.5, 0.6) is 0 Å². The van der Waals surface area contributed by atoms with Gasteiger partial charge in [0.2, 0.25) is 5.91 Å². The highest BCUT2D eigenvalue weighted by Gasteiger charge is 2.29. The van der Waals surface area contributed by atoms with Gasteiger partial charge in [0.1, 0.15) is 0 Å². The van der Waals surface area contributed by atoms with Crippen LogP contribution < -0.4 is 5.32 Å². The molecule has 25 heavy (non-hydrogen) atoms. The van der Waals surface area contributed by atoms with Gasteiger partial charge >= 0.3 is 0 Å². The van der Waals surface area contributed by atoms with Gasteiger partial charge in [0.25, 0.3) is 0 Å². The van der Waals surface area contributed by atoms with E-state index in [2.05, 4.69) is 53.8 Å². The van der Waals surface area contributed by atoms with Gasteiger partial charge in [-0.25, -0.2) is 0 Å². The van der Waals surface area contributed by atoms with Gasteiger partial charge < -0.3 is 10.1 Å². The van der Waals surface area contributed by atoms with E-state index in [1.165, 1.54) is 22.3 Å². The molecule has 1 N–H and O–H groups in total. The Morgan fingerprint density at radius 1 is 0.920 bits per heavy atom. The molecule has 3 nitrogen and oxygen atoms in total. The van der Waals surface area contributed by atoms with Crippen LogP contribution >= 0.6 is 0 Å². The molecule has 128 valence electrons. The van der Waals surface area contributed by atoms with Gasteiger partial charge in [-0.3, -0.25) is 4.79 Å². The zero-order valence-corrected chi connectivity index (χ0v) is 14.3. The summed E-state index contributed by atoms with van der Waals surface area (Å²) >= 11 is 0. The molecule has 2 aromatic carbocycles. The zero-order valence-electron chi connectivity index (χ0n) is 14.3. The van der Waals surface area contributed by atoms with Crippen molar-refractivity contribution >= 4 is 5.91 Å². The third-order valence-corrected chi connectivity index (χ3v) is 5.13. The maximum atomic E-state index is 12.3. The van der Waals surface area contributed by atoms with E-state index in [1.54, 1.807) is 0 Å². The van der Waals surface area contributed by atoms with E-state index in [0.29, 0.717) is 0 Å². The number of ether oxygens (including phenoxy) is 1. The molecular weight excluding hydrogens is 310 g/mol. The quantitative estimate of drug-likeness (QED) is 0.866. The average molecular weight is 333 g/mol. The van der Waals surface area contributed by atoms with E-state index in [-0.39, 0.29) is 11.9 Å². The van der Waals surface area contributed by atoms with Crippen molar-refractivity contribution in [3.05, 3.63) is 71.3 Å². The zero-order chi connectivity index (χ0) is 17.1. The Kier molecular flexibility index (Phi) is 4.66. The molecule has 1 atom stereocenters. The molecule has 2 saturated heterocycles. The first-order chi connectivity index (χ1) is 12.3. The topological polar surface area (TPSA) is 38.3 Å². The second-order valence-electron chi connectivity index (χ2n) is 6.84. The summed E-state index contributed by atoms with van der Waals surface area (Å²) in [6, 6.07) is 19.3. The fourth-order valence-electron chi connectivity index (χ4n) is 3.76. The minimum absolute atomic E-state index is 0.128. The summed E-state index contributed by atoms with van der Waals surface area (Å²) in [7, 11) is 0. The fraction of sp³-hybridized carbons (Fsp3) is 0.318. The molecule has 1 amide bonds. The van der Waals surface area contributed by atoms with Crippen molar-refractivity contribution in [2.75, 3.05) is 13.2 Å². The number of hydrogen-bond donors (Lipinski definition) is 1. The Morgan fingerprint density at radius 3 is 2.32 bits per heavy atom. The summed E-state index contributed by atoms with van der Waals surface area (Å²) in [5, 5.41) is 3.16. The van der Waals surface area contributed by atoms with Crippen molar-refractivity contribution in [2.24, 2.45) is 0 Å². The lowest BCUT2D eigenvalue weighted by Gasteiger charge is -2.16. The molecule has 0 aromatic heterocycles. The van der Waals surface area contributed by atoms with Crippen molar-refractivity contribution in [2.45, 2.75) is 31.7 Å². The van der Waals surface area contributed by atoms with Gasteiger partial charge in [-0.15, -0.1) is 0 Å². The van der Waals surface area contributed by atoms with Crippen LogP contribution in [0.25, 0.3) is 11.1 Å². The van der Waals surface area contributed by atoms with E-state index >= 15 is 0 Å². The van der Waals surface area contributed by atoms with E-state index < -0.39 is 0 Å². The molecular formula is C22H23NO2. The summed E-state index contributed by atoms with van der Waals surface area (Å²) < 4.78 is 5.40. The normalized spacial score (nSPS) is 20.6. The van der Waals surface area contributed by atoms with Gasteiger partial charge in [-0.2, -0.15) is 0 Å². The van der Waals surface area contributed by atoms with E-state index in [4.69, 9.17) is 4.74 Å². The summed E-state index contributed by atoms with van der Waals surface area (Å²) in [5.41, 5.74) is 6.03. The number of benzene rings is 2. The smallest absolute Gasteiger partial charge is 0.247 e. The number of carbonyl (C=O) groups excluding carboxylic acids is 1. The summed E-state index contributed by atoms with van der Waals surface area (Å²) in [5.74, 6) is 0.128. The lowest BCUT2D eigenvalue weighted by molar-refractivity contribution is -0.116. The molecule has 0 saturated carbocycles. The van der Waals surface area contributed by atoms with Crippen LogP contribution in [0, 0.1) is 0 Å². The molecule has 2 heterocycles. The molecule has 3 heteroatoms. The van der Waals surface area contributed by atoms with Crippen molar-refractivity contribution in [3.63, 3.8) is 0 Å². The highest BCUT2D eigenvalue weighted by molar-refractivity contribution is 5.96. The Balaban J connectivity index is 1.43. The molecule has 0 bridgehead atoms. The van der Waals surface area contributed by atoms with Crippen LogP contribution in [-0.4, -0.2) is 25.2 Å². The fourth-order valence-corrected chi connectivity index (χ4v) is 3.76. The number of nitrogens with one attached hydrogen (secondary N) is 1. The molecule has 4 rings (SSSR count). The van der Waals surface area contributed by atoms with Crippen LogP contribution in [0.1, 0.15) is 24.8 Å². The maximum absolute atomic E-state index is 12.3. The lowest BCUT2D eigenvalue weighted by Crippen LogP contribution is -2.27. The molecule has 1 unspecified atom stereocenters. The van der Waals surface area contributed by atoms with Crippen LogP contribution in [-0.2, 0) is 16.0 Å².